The molecule has 0 spiro atoms. The first-order chi connectivity index (χ1) is 10.6. The van der Waals surface area contributed by atoms with Gasteiger partial charge in [0.25, 0.3) is 0 Å². The second-order valence-corrected chi connectivity index (χ2v) is 6.44. The smallest absolute Gasteiger partial charge is 0.0898 e. The summed E-state index contributed by atoms with van der Waals surface area (Å²) in [6.07, 6.45) is 1.45. The van der Waals surface area contributed by atoms with E-state index in [1.54, 1.807) is 6.07 Å². The van der Waals surface area contributed by atoms with Gasteiger partial charge < -0.3 is 19.9 Å². The molecule has 2 rings (SSSR count). The molecule has 1 aromatic rings. The molecule has 1 aliphatic rings. The summed E-state index contributed by atoms with van der Waals surface area (Å²) in [4.78, 5) is 0. The molecule has 2 atom stereocenters. The zero-order valence-corrected chi connectivity index (χ0v) is 14.2. The average Bonchev–Trinajstić information content (AvgIpc) is 2.51. The number of rotatable bonds is 7. The Bertz CT molecular complexity index is 467. The minimum absolute atomic E-state index is 0.0301. The van der Waals surface area contributed by atoms with Gasteiger partial charge in [-0.25, -0.2) is 0 Å². The van der Waals surface area contributed by atoms with Crippen molar-refractivity contribution < 1.29 is 14.6 Å². The van der Waals surface area contributed by atoms with Crippen LogP contribution in [0, 0.1) is 0 Å². The van der Waals surface area contributed by atoms with Gasteiger partial charge in [0, 0.05) is 35.8 Å². The van der Waals surface area contributed by atoms with Gasteiger partial charge in [-0.3, -0.25) is 0 Å². The molecule has 1 aliphatic heterocycles. The molecule has 0 aromatic heterocycles. The number of ether oxygens (including phenoxy) is 2. The Balaban J connectivity index is 1.71. The Hall–Kier alpha value is -0.360. The van der Waals surface area contributed by atoms with Crippen LogP contribution in [-0.2, 0) is 9.47 Å². The predicted molar refractivity (Wildman–Crippen MR) is 88.7 cm³/mol. The molecule has 1 saturated heterocycles. The Kier molecular flexibility index (Phi) is 7.41. The molecule has 1 heterocycles. The van der Waals surface area contributed by atoms with E-state index in [1.165, 1.54) is 0 Å². The van der Waals surface area contributed by atoms with E-state index in [1.807, 2.05) is 19.1 Å². The van der Waals surface area contributed by atoms with Crippen molar-refractivity contribution >= 4 is 23.2 Å². The van der Waals surface area contributed by atoms with Crippen molar-refractivity contribution in [2.75, 3.05) is 26.4 Å². The Morgan fingerprint density at radius 2 is 2.09 bits per heavy atom. The monoisotopic (exact) mass is 347 g/mol. The topological polar surface area (TPSA) is 50.7 Å². The second-order valence-electron chi connectivity index (χ2n) is 5.59. The van der Waals surface area contributed by atoms with Crippen molar-refractivity contribution in [1.29, 1.82) is 0 Å². The summed E-state index contributed by atoms with van der Waals surface area (Å²) in [6.45, 7) is 4.26. The average molecular weight is 348 g/mol. The maximum atomic E-state index is 10.0. The summed E-state index contributed by atoms with van der Waals surface area (Å²) in [5.41, 5.74) is 0.962. The van der Waals surface area contributed by atoms with Gasteiger partial charge in [0.15, 0.2) is 0 Å². The number of halogens is 2. The third-order valence-electron chi connectivity index (χ3n) is 3.78. The standard InChI is InChI=1S/C16H23Cl2NO3/c1-11(15-3-2-12(17)8-16(15)18)19-9-13(20)10-22-14-4-6-21-7-5-14/h2-3,8,11,13-14,19-20H,4-7,9-10H2,1H3. The van der Waals surface area contributed by atoms with Crippen molar-refractivity contribution in [3.05, 3.63) is 33.8 Å². The molecule has 0 saturated carbocycles. The van der Waals surface area contributed by atoms with Crippen LogP contribution in [-0.4, -0.2) is 43.7 Å². The maximum Gasteiger partial charge on any atom is 0.0898 e. The summed E-state index contributed by atoms with van der Waals surface area (Å²) in [5, 5.41) is 14.5. The van der Waals surface area contributed by atoms with Gasteiger partial charge in [0.05, 0.1) is 18.8 Å². The molecule has 0 radical (unpaired) electrons. The van der Waals surface area contributed by atoms with Crippen LogP contribution in [0.25, 0.3) is 0 Å². The zero-order valence-electron chi connectivity index (χ0n) is 12.7. The van der Waals surface area contributed by atoms with E-state index in [4.69, 9.17) is 32.7 Å². The van der Waals surface area contributed by atoms with Crippen LogP contribution in [0.4, 0.5) is 0 Å². The lowest BCUT2D eigenvalue weighted by Crippen LogP contribution is -2.34. The van der Waals surface area contributed by atoms with E-state index in [-0.39, 0.29) is 12.1 Å². The third kappa shape index (κ3) is 5.69. The molecule has 0 bridgehead atoms. The Labute approximate surface area is 141 Å². The first-order valence-corrected chi connectivity index (χ1v) is 8.37. The number of aliphatic hydroxyl groups is 1. The van der Waals surface area contributed by atoms with Gasteiger partial charge in [-0.1, -0.05) is 29.3 Å². The van der Waals surface area contributed by atoms with E-state index >= 15 is 0 Å². The lowest BCUT2D eigenvalue weighted by atomic mass is 10.1. The summed E-state index contributed by atoms with van der Waals surface area (Å²) < 4.78 is 11.0. The minimum atomic E-state index is -0.545. The van der Waals surface area contributed by atoms with Gasteiger partial charge in [0.1, 0.15) is 0 Å². The molecule has 6 heteroatoms. The largest absolute Gasteiger partial charge is 0.389 e. The summed E-state index contributed by atoms with van der Waals surface area (Å²) in [6, 6.07) is 5.46. The number of benzene rings is 1. The highest BCUT2D eigenvalue weighted by Crippen LogP contribution is 2.26. The molecule has 1 fully saturated rings. The number of nitrogens with one attached hydrogen (secondary N) is 1. The summed E-state index contributed by atoms with van der Waals surface area (Å²) >= 11 is 12.1. The quantitative estimate of drug-likeness (QED) is 0.795. The van der Waals surface area contributed by atoms with Crippen molar-refractivity contribution in [3.8, 4) is 0 Å². The van der Waals surface area contributed by atoms with Crippen LogP contribution in [0.3, 0.4) is 0 Å². The van der Waals surface area contributed by atoms with Crippen molar-refractivity contribution in [1.82, 2.24) is 5.32 Å². The highest BCUT2D eigenvalue weighted by Gasteiger charge is 2.17. The molecular weight excluding hydrogens is 325 g/mol. The van der Waals surface area contributed by atoms with E-state index in [2.05, 4.69) is 5.32 Å². The summed E-state index contributed by atoms with van der Waals surface area (Å²) in [5.74, 6) is 0. The lowest BCUT2D eigenvalue weighted by molar-refractivity contribution is -0.0588. The van der Waals surface area contributed by atoms with Crippen LogP contribution in [0.5, 0.6) is 0 Å². The highest BCUT2D eigenvalue weighted by molar-refractivity contribution is 6.35. The fraction of sp³-hybridized carbons (Fsp3) is 0.625. The van der Waals surface area contributed by atoms with Crippen molar-refractivity contribution in [2.45, 2.75) is 38.0 Å². The van der Waals surface area contributed by atoms with Crippen molar-refractivity contribution in [2.24, 2.45) is 0 Å². The van der Waals surface area contributed by atoms with Gasteiger partial charge in [-0.05, 0) is 37.5 Å². The van der Waals surface area contributed by atoms with E-state index in [0.717, 1.165) is 31.6 Å². The fourth-order valence-electron chi connectivity index (χ4n) is 2.42. The van der Waals surface area contributed by atoms with Gasteiger partial charge in [-0.2, -0.15) is 0 Å². The van der Waals surface area contributed by atoms with E-state index in [9.17, 15) is 5.11 Å². The van der Waals surface area contributed by atoms with Crippen molar-refractivity contribution in [3.63, 3.8) is 0 Å². The van der Waals surface area contributed by atoms with Gasteiger partial charge >= 0.3 is 0 Å². The zero-order chi connectivity index (χ0) is 15.9. The van der Waals surface area contributed by atoms with Crippen LogP contribution in [0.15, 0.2) is 18.2 Å². The third-order valence-corrected chi connectivity index (χ3v) is 4.34. The Morgan fingerprint density at radius 1 is 1.36 bits per heavy atom. The Morgan fingerprint density at radius 3 is 2.77 bits per heavy atom. The minimum Gasteiger partial charge on any atom is -0.389 e. The lowest BCUT2D eigenvalue weighted by Gasteiger charge is -2.24. The molecule has 0 aliphatic carbocycles. The highest BCUT2D eigenvalue weighted by atomic mass is 35.5. The molecule has 22 heavy (non-hydrogen) atoms. The molecule has 0 amide bonds. The van der Waals surface area contributed by atoms with Crippen LogP contribution in [0.1, 0.15) is 31.4 Å². The van der Waals surface area contributed by atoms with E-state index in [0.29, 0.717) is 23.2 Å². The van der Waals surface area contributed by atoms with Crippen LogP contribution in [0.2, 0.25) is 10.0 Å². The maximum absolute atomic E-state index is 10.0. The normalized spacial score (nSPS) is 19.1. The molecule has 124 valence electrons. The first kappa shape index (κ1) is 18.0. The molecule has 2 unspecified atom stereocenters. The summed E-state index contributed by atoms with van der Waals surface area (Å²) in [7, 11) is 0. The van der Waals surface area contributed by atoms with E-state index < -0.39 is 6.10 Å². The SMILES string of the molecule is CC(NCC(O)COC1CCOCC1)c1ccc(Cl)cc1Cl. The molecule has 1 aromatic carbocycles. The second kappa shape index (κ2) is 9.06. The number of aliphatic hydroxyl groups excluding tert-OH is 1. The van der Waals surface area contributed by atoms with Gasteiger partial charge in [-0.15, -0.1) is 0 Å². The number of hydrogen-bond acceptors (Lipinski definition) is 4. The first-order valence-electron chi connectivity index (χ1n) is 7.62. The fourth-order valence-corrected chi connectivity index (χ4v) is 3.00. The number of hydrogen-bond donors (Lipinski definition) is 2. The molecular formula is C16H23Cl2NO3. The van der Waals surface area contributed by atoms with Crippen LogP contribution >= 0.6 is 23.2 Å². The van der Waals surface area contributed by atoms with Crippen LogP contribution < -0.4 is 5.32 Å². The molecule has 2 N–H and O–H groups in total. The predicted octanol–water partition coefficient (Wildman–Crippen LogP) is 3.20. The van der Waals surface area contributed by atoms with Gasteiger partial charge in [0.2, 0.25) is 0 Å². The molecule has 4 nitrogen and oxygen atoms in total.